The van der Waals surface area contributed by atoms with E-state index in [0.29, 0.717) is 29.3 Å². The van der Waals surface area contributed by atoms with E-state index in [1.165, 1.54) is 25.7 Å². The zero-order valence-corrected chi connectivity index (χ0v) is 19.6. The second-order valence-corrected chi connectivity index (χ2v) is 9.61. The SMILES string of the molecule is C[C@@H]1CCC[C@@H](C)N1CCCNC(=O)c1nc(-c2ccc(Cl)cc2)n2c1CCCCC2. The molecule has 168 valence electrons. The summed E-state index contributed by atoms with van der Waals surface area (Å²) < 4.78 is 2.25. The van der Waals surface area contributed by atoms with Gasteiger partial charge in [-0.1, -0.05) is 24.4 Å². The molecule has 1 fully saturated rings. The van der Waals surface area contributed by atoms with E-state index in [-0.39, 0.29) is 5.91 Å². The molecule has 1 N–H and O–H groups in total. The molecule has 0 radical (unpaired) electrons. The number of rotatable bonds is 6. The van der Waals surface area contributed by atoms with Gasteiger partial charge in [-0.3, -0.25) is 9.69 Å². The number of likely N-dealkylation sites (tertiary alicyclic amines) is 1. The molecule has 5 nitrogen and oxygen atoms in total. The van der Waals surface area contributed by atoms with Crippen LogP contribution >= 0.6 is 11.6 Å². The lowest BCUT2D eigenvalue weighted by Gasteiger charge is -2.39. The minimum atomic E-state index is -0.0365. The Kier molecular flexibility index (Phi) is 7.34. The van der Waals surface area contributed by atoms with Gasteiger partial charge in [-0.25, -0.2) is 4.98 Å². The van der Waals surface area contributed by atoms with Crippen LogP contribution in [0.25, 0.3) is 11.4 Å². The summed E-state index contributed by atoms with van der Waals surface area (Å²) in [6, 6.07) is 9.04. The van der Waals surface area contributed by atoms with Crippen LogP contribution in [0.2, 0.25) is 5.02 Å². The van der Waals surface area contributed by atoms with Gasteiger partial charge >= 0.3 is 0 Å². The molecule has 1 aromatic carbocycles. The third-order valence-corrected chi connectivity index (χ3v) is 7.19. The highest BCUT2D eigenvalue weighted by Crippen LogP contribution is 2.28. The topological polar surface area (TPSA) is 50.2 Å². The second kappa shape index (κ2) is 10.2. The maximum Gasteiger partial charge on any atom is 0.271 e. The number of carbonyl (C=O) groups excluding carboxylic acids is 1. The molecule has 0 spiro atoms. The number of fused-ring (bicyclic) bond motifs is 1. The molecule has 2 aromatic rings. The van der Waals surface area contributed by atoms with Crippen molar-refractivity contribution < 1.29 is 4.79 Å². The van der Waals surface area contributed by atoms with Gasteiger partial charge in [0.15, 0.2) is 0 Å². The fraction of sp³-hybridized carbons (Fsp3) is 0.600. The Morgan fingerprint density at radius 2 is 1.84 bits per heavy atom. The first-order valence-corrected chi connectivity index (χ1v) is 12.3. The third kappa shape index (κ3) is 5.15. The van der Waals surface area contributed by atoms with Crippen LogP contribution in [0.1, 0.15) is 75.0 Å². The Morgan fingerprint density at radius 1 is 1.10 bits per heavy atom. The first kappa shape index (κ1) is 22.3. The van der Waals surface area contributed by atoms with Crippen LogP contribution in [-0.2, 0) is 13.0 Å². The Morgan fingerprint density at radius 3 is 2.58 bits per heavy atom. The number of halogens is 1. The van der Waals surface area contributed by atoms with Crippen molar-refractivity contribution in [2.24, 2.45) is 0 Å². The third-order valence-electron chi connectivity index (χ3n) is 6.94. The van der Waals surface area contributed by atoms with E-state index in [4.69, 9.17) is 16.6 Å². The molecular weight excluding hydrogens is 408 g/mol. The highest BCUT2D eigenvalue weighted by molar-refractivity contribution is 6.30. The molecule has 31 heavy (non-hydrogen) atoms. The Hall–Kier alpha value is -1.85. The molecule has 1 aromatic heterocycles. The van der Waals surface area contributed by atoms with Crippen molar-refractivity contribution in [1.29, 1.82) is 0 Å². The summed E-state index contributed by atoms with van der Waals surface area (Å²) in [6.07, 6.45) is 9.20. The minimum absolute atomic E-state index is 0.0365. The Balaban J connectivity index is 1.44. The van der Waals surface area contributed by atoms with E-state index in [1.54, 1.807) is 0 Å². The highest BCUT2D eigenvalue weighted by atomic mass is 35.5. The number of benzene rings is 1. The second-order valence-electron chi connectivity index (χ2n) is 9.18. The van der Waals surface area contributed by atoms with E-state index in [0.717, 1.165) is 55.9 Å². The number of piperidine rings is 1. The molecule has 0 aliphatic carbocycles. The molecule has 2 aliphatic heterocycles. The van der Waals surface area contributed by atoms with E-state index >= 15 is 0 Å². The highest BCUT2D eigenvalue weighted by Gasteiger charge is 2.25. The van der Waals surface area contributed by atoms with Crippen LogP contribution in [-0.4, -0.2) is 45.5 Å². The zero-order chi connectivity index (χ0) is 21.8. The van der Waals surface area contributed by atoms with Crippen LogP contribution in [0.3, 0.4) is 0 Å². The number of hydrogen-bond acceptors (Lipinski definition) is 3. The van der Waals surface area contributed by atoms with Gasteiger partial charge < -0.3 is 9.88 Å². The molecule has 2 atom stereocenters. The number of nitrogens with one attached hydrogen (secondary N) is 1. The minimum Gasteiger partial charge on any atom is -0.351 e. The lowest BCUT2D eigenvalue weighted by Crippen LogP contribution is -2.44. The Labute approximate surface area is 191 Å². The fourth-order valence-corrected chi connectivity index (χ4v) is 5.31. The molecule has 3 heterocycles. The summed E-state index contributed by atoms with van der Waals surface area (Å²) in [5.74, 6) is 0.847. The van der Waals surface area contributed by atoms with Gasteiger partial charge in [-0.2, -0.15) is 0 Å². The summed E-state index contributed by atoms with van der Waals surface area (Å²) in [4.78, 5) is 20.5. The molecule has 2 aliphatic rings. The van der Waals surface area contributed by atoms with E-state index in [2.05, 4.69) is 28.6 Å². The first-order chi connectivity index (χ1) is 15.0. The number of hydrogen-bond donors (Lipinski definition) is 1. The number of aromatic nitrogens is 2. The van der Waals surface area contributed by atoms with E-state index in [9.17, 15) is 4.79 Å². The number of nitrogens with zero attached hydrogens (tertiary/aromatic N) is 3. The average molecular weight is 443 g/mol. The van der Waals surface area contributed by atoms with Gasteiger partial charge in [0.25, 0.3) is 5.91 Å². The van der Waals surface area contributed by atoms with Crippen molar-refractivity contribution in [3.63, 3.8) is 0 Å². The van der Waals surface area contributed by atoms with Crippen LogP contribution in [0.4, 0.5) is 0 Å². The molecule has 1 saturated heterocycles. The number of amides is 1. The number of imidazole rings is 1. The molecule has 0 bridgehead atoms. The lowest BCUT2D eigenvalue weighted by atomic mass is 9.97. The van der Waals surface area contributed by atoms with Crippen molar-refractivity contribution >= 4 is 17.5 Å². The molecule has 4 rings (SSSR count). The van der Waals surface area contributed by atoms with Gasteiger partial charge in [-0.15, -0.1) is 0 Å². The monoisotopic (exact) mass is 442 g/mol. The van der Waals surface area contributed by atoms with Crippen LogP contribution in [0.5, 0.6) is 0 Å². The van der Waals surface area contributed by atoms with Gasteiger partial charge in [0.05, 0.1) is 5.69 Å². The Bertz CT molecular complexity index is 882. The largest absolute Gasteiger partial charge is 0.351 e. The average Bonchev–Trinajstić information content (AvgIpc) is 2.94. The molecule has 0 saturated carbocycles. The van der Waals surface area contributed by atoms with Crippen LogP contribution in [0.15, 0.2) is 24.3 Å². The maximum atomic E-state index is 13.1. The van der Waals surface area contributed by atoms with E-state index in [1.807, 2.05) is 24.3 Å². The quantitative estimate of drug-likeness (QED) is 0.616. The maximum absolute atomic E-state index is 13.1. The van der Waals surface area contributed by atoms with Crippen molar-refractivity contribution in [3.8, 4) is 11.4 Å². The van der Waals surface area contributed by atoms with Crippen molar-refractivity contribution in [1.82, 2.24) is 19.8 Å². The summed E-state index contributed by atoms with van der Waals surface area (Å²) in [5.41, 5.74) is 2.70. The lowest BCUT2D eigenvalue weighted by molar-refractivity contribution is 0.0921. The molecule has 0 unspecified atom stereocenters. The summed E-state index contributed by atoms with van der Waals surface area (Å²) in [7, 11) is 0. The van der Waals surface area contributed by atoms with Crippen molar-refractivity contribution in [2.75, 3.05) is 13.1 Å². The summed E-state index contributed by atoms with van der Waals surface area (Å²) >= 11 is 6.07. The zero-order valence-electron chi connectivity index (χ0n) is 18.9. The number of carbonyl (C=O) groups is 1. The van der Waals surface area contributed by atoms with Gasteiger partial charge in [-0.05, 0) is 76.6 Å². The van der Waals surface area contributed by atoms with Crippen LogP contribution < -0.4 is 5.32 Å². The standard InChI is InChI=1S/C25H35ClN4O/c1-18-8-6-9-19(2)29(18)17-7-15-27-25(31)23-22-10-4-3-5-16-30(22)24(28-23)20-11-13-21(26)14-12-20/h11-14,18-19H,3-10,15-17H2,1-2H3,(H,27,31)/t18-,19-/m1/s1. The molecular formula is C25H35ClN4O. The predicted molar refractivity (Wildman–Crippen MR) is 127 cm³/mol. The van der Waals surface area contributed by atoms with Crippen LogP contribution in [0, 0.1) is 0 Å². The molecule has 6 heteroatoms. The van der Waals surface area contributed by atoms with E-state index < -0.39 is 0 Å². The van der Waals surface area contributed by atoms with Crippen molar-refractivity contribution in [2.45, 2.75) is 83.8 Å². The smallest absolute Gasteiger partial charge is 0.271 e. The predicted octanol–water partition coefficient (Wildman–Crippen LogP) is 5.31. The van der Waals surface area contributed by atoms with Crippen molar-refractivity contribution in [3.05, 3.63) is 40.7 Å². The van der Waals surface area contributed by atoms with Gasteiger partial charge in [0.1, 0.15) is 11.5 Å². The van der Waals surface area contributed by atoms with Gasteiger partial charge in [0.2, 0.25) is 0 Å². The fourth-order valence-electron chi connectivity index (χ4n) is 5.18. The summed E-state index contributed by atoms with van der Waals surface area (Å²) in [5, 5.41) is 3.86. The molecule has 1 amide bonds. The first-order valence-electron chi connectivity index (χ1n) is 11.9. The van der Waals surface area contributed by atoms with Gasteiger partial charge in [0, 0.05) is 42.3 Å². The summed E-state index contributed by atoms with van der Waals surface area (Å²) in [6.45, 7) is 7.30. The normalized spacial score (nSPS) is 22.0.